The van der Waals surface area contributed by atoms with Crippen molar-refractivity contribution in [3.8, 4) is 0 Å². The third kappa shape index (κ3) is 2.84. The van der Waals surface area contributed by atoms with Gasteiger partial charge in [-0.05, 0) is 28.7 Å². The van der Waals surface area contributed by atoms with Crippen molar-refractivity contribution in [1.82, 2.24) is 4.98 Å². The topological polar surface area (TPSA) is 38.9 Å². The lowest BCUT2D eigenvalue weighted by atomic mass is 9.99. The summed E-state index contributed by atoms with van der Waals surface area (Å²) in [4.78, 5) is 4.10. The SMILES string of the molecule is CC(C)c1ccc(Cc2cccnc2N)cc1. The lowest BCUT2D eigenvalue weighted by Gasteiger charge is -2.08. The normalized spacial score (nSPS) is 10.8. The highest BCUT2D eigenvalue weighted by Crippen LogP contribution is 2.18. The van der Waals surface area contributed by atoms with Crippen LogP contribution in [-0.2, 0) is 6.42 Å². The predicted molar refractivity (Wildman–Crippen MR) is 72.0 cm³/mol. The quantitative estimate of drug-likeness (QED) is 0.871. The van der Waals surface area contributed by atoms with Crippen LogP contribution in [-0.4, -0.2) is 4.98 Å². The molecule has 2 N–H and O–H groups in total. The van der Waals surface area contributed by atoms with Crippen LogP contribution in [0.4, 0.5) is 5.82 Å². The van der Waals surface area contributed by atoms with Gasteiger partial charge in [-0.3, -0.25) is 0 Å². The van der Waals surface area contributed by atoms with E-state index in [-0.39, 0.29) is 0 Å². The third-order valence-corrected chi connectivity index (χ3v) is 2.97. The fourth-order valence-corrected chi connectivity index (χ4v) is 1.84. The Morgan fingerprint density at radius 3 is 2.41 bits per heavy atom. The number of hydrogen-bond acceptors (Lipinski definition) is 2. The van der Waals surface area contributed by atoms with Crippen LogP contribution in [0.3, 0.4) is 0 Å². The number of hydrogen-bond donors (Lipinski definition) is 1. The van der Waals surface area contributed by atoms with Gasteiger partial charge >= 0.3 is 0 Å². The summed E-state index contributed by atoms with van der Waals surface area (Å²) in [7, 11) is 0. The second kappa shape index (κ2) is 5.00. The van der Waals surface area contributed by atoms with E-state index < -0.39 is 0 Å². The first-order valence-electron chi connectivity index (χ1n) is 5.95. The summed E-state index contributed by atoms with van der Waals surface area (Å²) in [6, 6.07) is 12.7. The maximum Gasteiger partial charge on any atom is 0.126 e. The van der Waals surface area contributed by atoms with Crippen LogP contribution in [0, 0.1) is 0 Å². The molecule has 17 heavy (non-hydrogen) atoms. The van der Waals surface area contributed by atoms with Gasteiger partial charge in [0.05, 0.1) is 0 Å². The van der Waals surface area contributed by atoms with Gasteiger partial charge in [0.25, 0.3) is 0 Å². The fourth-order valence-electron chi connectivity index (χ4n) is 1.84. The Morgan fingerprint density at radius 2 is 1.82 bits per heavy atom. The van der Waals surface area contributed by atoms with Crippen molar-refractivity contribution in [3.63, 3.8) is 0 Å². The average Bonchev–Trinajstić information content (AvgIpc) is 2.33. The molecule has 1 heterocycles. The van der Waals surface area contributed by atoms with Crippen molar-refractivity contribution in [1.29, 1.82) is 0 Å². The van der Waals surface area contributed by atoms with E-state index in [1.807, 2.05) is 12.1 Å². The van der Waals surface area contributed by atoms with Gasteiger partial charge in [-0.25, -0.2) is 4.98 Å². The number of nitrogens with zero attached hydrogens (tertiary/aromatic N) is 1. The highest BCUT2D eigenvalue weighted by molar-refractivity contribution is 5.42. The molecule has 1 aromatic heterocycles. The molecular formula is C15H18N2. The fraction of sp³-hybridized carbons (Fsp3) is 0.267. The molecular weight excluding hydrogens is 208 g/mol. The smallest absolute Gasteiger partial charge is 0.126 e. The molecule has 0 saturated heterocycles. The number of anilines is 1. The van der Waals surface area contributed by atoms with Crippen molar-refractivity contribution in [2.75, 3.05) is 5.73 Å². The third-order valence-electron chi connectivity index (χ3n) is 2.97. The summed E-state index contributed by atoms with van der Waals surface area (Å²) >= 11 is 0. The van der Waals surface area contributed by atoms with Crippen molar-refractivity contribution in [2.45, 2.75) is 26.2 Å². The largest absolute Gasteiger partial charge is 0.383 e. The van der Waals surface area contributed by atoms with E-state index in [0.717, 1.165) is 12.0 Å². The lowest BCUT2D eigenvalue weighted by Crippen LogP contribution is -1.98. The molecule has 0 aliphatic rings. The molecule has 1 aromatic carbocycles. The van der Waals surface area contributed by atoms with Gasteiger partial charge in [-0.2, -0.15) is 0 Å². The van der Waals surface area contributed by atoms with Crippen LogP contribution in [0.15, 0.2) is 42.6 Å². The number of nitrogens with two attached hydrogens (primary N) is 1. The summed E-state index contributed by atoms with van der Waals surface area (Å²) in [5.41, 5.74) is 9.56. The molecule has 0 spiro atoms. The van der Waals surface area contributed by atoms with Crippen LogP contribution >= 0.6 is 0 Å². The average molecular weight is 226 g/mol. The minimum atomic E-state index is 0.576. The van der Waals surface area contributed by atoms with Crippen molar-refractivity contribution < 1.29 is 0 Å². The zero-order valence-corrected chi connectivity index (χ0v) is 10.4. The number of pyridine rings is 1. The van der Waals surface area contributed by atoms with E-state index in [1.165, 1.54) is 11.1 Å². The monoisotopic (exact) mass is 226 g/mol. The standard InChI is InChI=1S/C15H18N2/c1-11(2)13-7-5-12(6-8-13)10-14-4-3-9-17-15(14)16/h3-9,11H,10H2,1-2H3,(H2,16,17). The molecule has 0 bridgehead atoms. The first kappa shape index (κ1) is 11.6. The summed E-state index contributed by atoms with van der Waals surface area (Å²) in [6.45, 7) is 4.40. The highest BCUT2D eigenvalue weighted by atomic mass is 14.8. The van der Waals surface area contributed by atoms with Crippen molar-refractivity contribution in [2.24, 2.45) is 0 Å². The molecule has 0 unspecified atom stereocenters. The number of benzene rings is 1. The van der Waals surface area contributed by atoms with Crippen molar-refractivity contribution >= 4 is 5.82 Å². The van der Waals surface area contributed by atoms with Gasteiger partial charge in [0.2, 0.25) is 0 Å². The van der Waals surface area contributed by atoms with Gasteiger partial charge in [-0.15, -0.1) is 0 Å². The molecule has 0 radical (unpaired) electrons. The molecule has 2 rings (SSSR count). The van der Waals surface area contributed by atoms with Crippen molar-refractivity contribution in [3.05, 3.63) is 59.3 Å². The maximum absolute atomic E-state index is 5.84. The van der Waals surface area contributed by atoms with E-state index in [1.54, 1.807) is 6.20 Å². The zero-order valence-electron chi connectivity index (χ0n) is 10.4. The Balaban J connectivity index is 2.17. The molecule has 88 valence electrons. The maximum atomic E-state index is 5.84. The van der Waals surface area contributed by atoms with Gasteiger partial charge < -0.3 is 5.73 Å². The first-order valence-corrected chi connectivity index (χ1v) is 5.95. The molecule has 0 aliphatic heterocycles. The predicted octanol–water partition coefficient (Wildman–Crippen LogP) is 3.38. The minimum Gasteiger partial charge on any atom is -0.383 e. The number of aromatic nitrogens is 1. The van der Waals surface area contributed by atoms with E-state index in [2.05, 4.69) is 43.1 Å². The Bertz CT molecular complexity index is 487. The Hall–Kier alpha value is -1.83. The van der Waals surface area contributed by atoms with Crippen LogP contribution in [0.5, 0.6) is 0 Å². The first-order chi connectivity index (χ1) is 8.16. The number of rotatable bonds is 3. The van der Waals surface area contributed by atoms with Gasteiger partial charge in [-0.1, -0.05) is 44.2 Å². The molecule has 2 heteroatoms. The van der Waals surface area contributed by atoms with E-state index in [0.29, 0.717) is 11.7 Å². The van der Waals surface area contributed by atoms with Crippen LogP contribution in [0.25, 0.3) is 0 Å². The zero-order chi connectivity index (χ0) is 12.3. The summed E-state index contributed by atoms with van der Waals surface area (Å²) in [5, 5.41) is 0. The minimum absolute atomic E-state index is 0.576. The summed E-state index contributed by atoms with van der Waals surface area (Å²) in [6.07, 6.45) is 2.57. The molecule has 0 atom stereocenters. The Labute approximate surface area is 103 Å². The molecule has 0 saturated carbocycles. The van der Waals surface area contributed by atoms with Gasteiger partial charge in [0, 0.05) is 12.6 Å². The van der Waals surface area contributed by atoms with Crippen LogP contribution < -0.4 is 5.73 Å². The summed E-state index contributed by atoms with van der Waals surface area (Å²) in [5.74, 6) is 1.20. The Morgan fingerprint density at radius 1 is 1.12 bits per heavy atom. The van der Waals surface area contributed by atoms with Crippen LogP contribution in [0.2, 0.25) is 0 Å². The lowest BCUT2D eigenvalue weighted by molar-refractivity contribution is 0.865. The molecule has 0 amide bonds. The summed E-state index contributed by atoms with van der Waals surface area (Å²) < 4.78 is 0. The molecule has 0 fully saturated rings. The molecule has 2 aromatic rings. The van der Waals surface area contributed by atoms with E-state index in [9.17, 15) is 0 Å². The van der Waals surface area contributed by atoms with E-state index in [4.69, 9.17) is 5.73 Å². The second-order valence-electron chi connectivity index (χ2n) is 4.62. The highest BCUT2D eigenvalue weighted by Gasteiger charge is 2.02. The second-order valence-corrected chi connectivity index (χ2v) is 4.62. The van der Waals surface area contributed by atoms with Gasteiger partial charge in [0.1, 0.15) is 5.82 Å². The van der Waals surface area contributed by atoms with Gasteiger partial charge in [0.15, 0.2) is 0 Å². The molecule has 2 nitrogen and oxygen atoms in total. The number of nitrogen functional groups attached to an aromatic ring is 1. The molecule has 0 aliphatic carbocycles. The van der Waals surface area contributed by atoms with E-state index >= 15 is 0 Å². The Kier molecular flexibility index (Phi) is 3.43. The van der Waals surface area contributed by atoms with Crippen LogP contribution in [0.1, 0.15) is 36.5 Å².